The van der Waals surface area contributed by atoms with Crippen LogP contribution in [0.15, 0.2) is 49.2 Å². The number of aryl methyl sites for hydroxylation is 1. The van der Waals surface area contributed by atoms with Crippen molar-refractivity contribution in [3.63, 3.8) is 0 Å². The second-order valence-electron chi connectivity index (χ2n) is 6.73. The van der Waals surface area contributed by atoms with Gasteiger partial charge in [-0.15, -0.1) is 0 Å². The summed E-state index contributed by atoms with van der Waals surface area (Å²) in [6, 6.07) is 5.64. The van der Waals surface area contributed by atoms with Gasteiger partial charge in [-0.3, -0.25) is 9.78 Å². The largest absolute Gasteiger partial charge is 0.347 e. The first kappa shape index (κ1) is 17.2. The van der Waals surface area contributed by atoms with Crippen LogP contribution in [0.1, 0.15) is 28.9 Å². The molecule has 0 aliphatic carbocycles. The highest BCUT2D eigenvalue weighted by atomic mass is 16.1. The number of carbonyl (C=O) groups is 1. The van der Waals surface area contributed by atoms with Gasteiger partial charge in [0.15, 0.2) is 0 Å². The molecule has 0 atom stereocenters. The minimum atomic E-state index is -0.116. The van der Waals surface area contributed by atoms with Gasteiger partial charge in [-0.1, -0.05) is 0 Å². The first-order valence-corrected chi connectivity index (χ1v) is 9.11. The first-order chi connectivity index (χ1) is 13.2. The number of aromatic nitrogens is 4. The minimum Gasteiger partial charge on any atom is -0.347 e. The third kappa shape index (κ3) is 3.81. The van der Waals surface area contributed by atoms with Crippen LogP contribution in [-0.2, 0) is 13.6 Å². The molecule has 4 heterocycles. The Morgan fingerprint density at radius 1 is 1.11 bits per heavy atom. The molecule has 0 saturated carbocycles. The molecule has 27 heavy (non-hydrogen) atoms. The van der Waals surface area contributed by atoms with Gasteiger partial charge >= 0.3 is 0 Å². The Morgan fingerprint density at radius 2 is 1.81 bits per heavy atom. The summed E-state index contributed by atoms with van der Waals surface area (Å²) in [5.41, 5.74) is 3.45. The average Bonchev–Trinajstić information content (AvgIpc) is 3.37. The Morgan fingerprint density at radius 3 is 2.52 bits per heavy atom. The summed E-state index contributed by atoms with van der Waals surface area (Å²) in [4.78, 5) is 27.7. The fourth-order valence-corrected chi connectivity index (χ4v) is 3.27. The third-order valence-electron chi connectivity index (χ3n) is 4.80. The van der Waals surface area contributed by atoms with E-state index in [2.05, 4.69) is 25.2 Å². The molecular formula is C20H22N6O. The Kier molecular flexibility index (Phi) is 4.82. The smallest absolute Gasteiger partial charge is 0.268 e. The van der Waals surface area contributed by atoms with Gasteiger partial charge in [0.1, 0.15) is 5.69 Å². The van der Waals surface area contributed by atoms with Crippen LogP contribution in [0.4, 0.5) is 5.95 Å². The fraction of sp³-hybridized carbons (Fsp3) is 0.300. The van der Waals surface area contributed by atoms with E-state index in [1.54, 1.807) is 12.4 Å². The lowest BCUT2D eigenvalue weighted by Gasteiger charge is -2.14. The number of rotatable bonds is 5. The standard InChI is InChI=1S/C20H22N6O/c1-25-14-16(17-12-23-20(24-13-17)26-8-2-3-9-26)10-18(25)19(27)22-11-15-4-6-21-7-5-15/h4-7,10,12-14H,2-3,8-9,11H2,1H3,(H,22,27). The van der Waals surface area contributed by atoms with Crippen LogP contribution < -0.4 is 10.2 Å². The molecule has 7 heteroatoms. The molecule has 1 aliphatic rings. The number of carbonyl (C=O) groups excluding carboxylic acids is 1. The van der Waals surface area contributed by atoms with Crippen LogP contribution in [0.5, 0.6) is 0 Å². The van der Waals surface area contributed by atoms with Crippen LogP contribution in [0.2, 0.25) is 0 Å². The van der Waals surface area contributed by atoms with Crippen LogP contribution in [0, 0.1) is 0 Å². The number of hydrogen-bond donors (Lipinski definition) is 1. The molecule has 1 amide bonds. The topological polar surface area (TPSA) is 75.9 Å². The van der Waals surface area contributed by atoms with Gasteiger partial charge in [0.05, 0.1) is 0 Å². The van der Waals surface area contributed by atoms with Crippen molar-refractivity contribution in [2.45, 2.75) is 19.4 Å². The highest BCUT2D eigenvalue weighted by Gasteiger charge is 2.16. The molecule has 0 unspecified atom stereocenters. The van der Waals surface area contributed by atoms with Crippen molar-refractivity contribution in [1.82, 2.24) is 24.8 Å². The Labute approximate surface area is 158 Å². The lowest BCUT2D eigenvalue weighted by molar-refractivity contribution is 0.0943. The van der Waals surface area contributed by atoms with Gasteiger partial charge in [0, 0.05) is 68.8 Å². The summed E-state index contributed by atoms with van der Waals surface area (Å²) in [7, 11) is 1.87. The molecule has 3 aromatic heterocycles. The summed E-state index contributed by atoms with van der Waals surface area (Å²) in [6.45, 7) is 2.51. The maximum absolute atomic E-state index is 12.5. The van der Waals surface area contributed by atoms with Crippen molar-refractivity contribution >= 4 is 11.9 Å². The van der Waals surface area contributed by atoms with Gasteiger partial charge < -0.3 is 14.8 Å². The first-order valence-electron chi connectivity index (χ1n) is 9.11. The van der Waals surface area contributed by atoms with Crippen LogP contribution >= 0.6 is 0 Å². The van der Waals surface area contributed by atoms with E-state index in [-0.39, 0.29) is 5.91 Å². The van der Waals surface area contributed by atoms with Crippen molar-refractivity contribution < 1.29 is 4.79 Å². The zero-order valence-corrected chi connectivity index (χ0v) is 15.3. The highest BCUT2D eigenvalue weighted by Crippen LogP contribution is 2.23. The molecule has 3 aromatic rings. The number of nitrogens with zero attached hydrogens (tertiary/aromatic N) is 5. The number of amides is 1. The summed E-state index contributed by atoms with van der Waals surface area (Å²) >= 11 is 0. The van der Waals surface area contributed by atoms with E-state index in [0.717, 1.165) is 35.7 Å². The molecule has 0 spiro atoms. The van der Waals surface area contributed by atoms with E-state index in [9.17, 15) is 4.79 Å². The summed E-state index contributed by atoms with van der Waals surface area (Å²) in [5, 5.41) is 2.94. The summed E-state index contributed by atoms with van der Waals surface area (Å²) < 4.78 is 1.82. The third-order valence-corrected chi connectivity index (χ3v) is 4.80. The molecule has 1 fully saturated rings. The number of hydrogen-bond acceptors (Lipinski definition) is 5. The number of anilines is 1. The molecule has 0 aromatic carbocycles. The van der Waals surface area contributed by atoms with Crippen molar-refractivity contribution in [2.24, 2.45) is 7.05 Å². The second kappa shape index (κ2) is 7.57. The predicted molar refractivity (Wildman–Crippen MR) is 103 cm³/mol. The van der Waals surface area contributed by atoms with Crippen molar-refractivity contribution in [3.05, 3.63) is 60.4 Å². The van der Waals surface area contributed by atoms with Crippen molar-refractivity contribution in [3.8, 4) is 11.1 Å². The normalized spacial score (nSPS) is 13.7. The fourth-order valence-electron chi connectivity index (χ4n) is 3.27. The molecule has 4 rings (SSSR count). The molecule has 1 aliphatic heterocycles. The maximum atomic E-state index is 12.5. The monoisotopic (exact) mass is 362 g/mol. The van der Waals surface area contributed by atoms with E-state index in [1.165, 1.54) is 12.8 Å². The van der Waals surface area contributed by atoms with E-state index in [4.69, 9.17) is 0 Å². The van der Waals surface area contributed by atoms with Gasteiger partial charge in [-0.25, -0.2) is 9.97 Å². The second-order valence-corrected chi connectivity index (χ2v) is 6.73. The molecular weight excluding hydrogens is 340 g/mol. The Bertz CT molecular complexity index is 913. The van der Waals surface area contributed by atoms with Crippen LogP contribution in [0.25, 0.3) is 11.1 Å². The summed E-state index contributed by atoms with van der Waals surface area (Å²) in [5.74, 6) is 0.665. The van der Waals surface area contributed by atoms with Gasteiger partial charge in [-0.2, -0.15) is 0 Å². The Hall–Kier alpha value is -3.22. The van der Waals surface area contributed by atoms with Gasteiger partial charge in [0.25, 0.3) is 5.91 Å². The lowest BCUT2D eigenvalue weighted by Crippen LogP contribution is -2.24. The molecule has 0 bridgehead atoms. The SMILES string of the molecule is Cn1cc(-c2cnc(N3CCCC3)nc2)cc1C(=O)NCc1ccncc1. The van der Waals surface area contributed by atoms with Gasteiger partial charge in [-0.05, 0) is 36.6 Å². The molecule has 1 N–H and O–H groups in total. The van der Waals surface area contributed by atoms with Crippen molar-refractivity contribution in [2.75, 3.05) is 18.0 Å². The van der Waals surface area contributed by atoms with Gasteiger partial charge in [0.2, 0.25) is 5.95 Å². The highest BCUT2D eigenvalue weighted by molar-refractivity contribution is 5.94. The molecule has 1 saturated heterocycles. The molecule has 138 valence electrons. The number of pyridine rings is 1. The molecule has 7 nitrogen and oxygen atoms in total. The van der Waals surface area contributed by atoms with Crippen molar-refractivity contribution in [1.29, 1.82) is 0 Å². The number of nitrogens with one attached hydrogen (secondary N) is 1. The predicted octanol–water partition coefficient (Wildman–Crippen LogP) is 2.41. The van der Waals surface area contributed by atoms with E-state index >= 15 is 0 Å². The van der Waals surface area contributed by atoms with E-state index in [0.29, 0.717) is 12.2 Å². The average molecular weight is 362 g/mol. The zero-order chi connectivity index (χ0) is 18.6. The molecule has 0 radical (unpaired) electrons. The van der Waals surface area contributed by atoms with E-state index < -0.39 is 0 Å². The Balaban J connectivity index is 1.46. The minimum absolute atomic E-state index is 0.116. The lowest BCUT2D eigenvalue weighted by atomic mass is 10.2. The quantitative estimate of drug-likeness (QED) is 0.754. The van der Waals surface area contributed by atoms with Crippen LogP contribution in [-0.4, -0.2) is 38.5 Å². The van der Waals surface area contributed by atoms with E-state index in [1.807, 2.05) is 48.4 Å². The summed E-state index contributed by atoms with van der Waals surface area (Å²) in [6.07, 6.45) is 11.4. The maximum Gasteiger partial charge on any atom is 0.268 e. The van der Waals surface area contributed by atoms with Crippen LogP contribution in [0.3, 0.4) is 0 Å². The zero-order valence-electron chi connectivity index (χ0n) is 15.3.